The van der Waals surface area contributed by atoms with Crippen LogP contribution in [0.1, 0.15) is 6.42 Å². The lowest BCUT2D eigenvalue weighted by molar-refractivity contribution is -0.202. The van der Waals surface area contributed by atoms with Crippen LogP contribution in [-0.2, 0) is 0 Å². The second-order valence-corrected chi connectivity index (χ2v) is 3.51. The quantitative estimate of drug-likeness (QED) is 0.526. The summed E-state index contributed by atoms with van der Waals surface area (Å²) in [6, 6.07) is 0. The number of hydrogen-bond acceptors (Lipinski definition) is 0. The van der Waals surface area contributed by atoms with Gasteiger partial charge in [-0.25, -0.2) is 13.2 Å². The summed E-state index contributed by atoms with van der Waals surface area (Å²) < 4.78 is 71.6. The average Bonchev–Trinajstić information content (AvgIpc) is 2.00. The highest BCUT2D eigenvalue weighted by atomic mass is 35.5. The Balaban J connectivity index is 4.62. The molecule has 8 heteroatoms. The summed E-state index contributed by atoms with van der Waals surface area (Å²) in [6.45, 7) is 0. The Morgan fingerprint density at radius 3 is 2.00 bits per heavy atom. The van der Waals surface area contributed by atoms with Gasteiger partial charge >= 0.3 is 6.18 Å². The Morgan fingerprint density at radius 2 is 1.71 bits per heavy atom. The fourth-order valence-electron chi connectivity index (χ4n) is 0.593. The van der Waals surface area contributed by atoms with Crippen LogP contribution in [-0.4, -0.2) is 17.5 Å². The van der Waals surface area contributed by atoms with E-state index in [0.29, 0.717) is 0 Å². The zero-order chi connectivity index (χ0) is 11.6. The SMILES string of the molecule is FC=C(Cl)CC(F)(Cl)C(F)C(F)(F)F. The fraction of sp³-hybridized carbons (Fsp3) is 0.667. The molecule has 0 heterocycles. The van der Waals surface area contributed by atoms with Gasteiger partial charge in [0.1, 0.15) is 6.33 Å². The third-order valence-corrected chi connectivity index (χ3v) is 1.72. The number of halogens is 8. The van der Waals surface area contributed by atoms with Crippen molar-refractivity contribution in [3.63, 3.8) is 0 Å². The second kappa shape index (κ2) is 4.61. The molecule has 0 radical (unpaired) electrons. The topological polar surface area (TPSA) is 0 Å². The van der Waals surface area contributed by atoms with Crippen molar-refractivity contribution < 1.29 is 26.3 Å². The van der Waals surface area contributed by atoms with Crippen LogP contribution in [0, 0.1) is 0 Å². The molecule has 0 saturated carbocycles. The Labute approximate surface area is 85.5 Å². The lowest BCUT2D eigenvalue weighted by Crippen LogP contribution is -2.40. The van der Waals surface area contributed by atoms with E-state index >= 15 is 0 Å². The fourth-order valence-corrected chi connectivity index (χ4v) is 1.12. The van der Waals surface area contributed by atoms with Gasteiger partial charge in [-0.15, -0.1) is 0 Å². The molecule has 2 unspecified atom stereocenters. The van der Waals surface area contributed by atoms with Crippen molar-refractivity contribution in [2.75, 3.05) is 0 Å². The number of rotatable bonds is 3. The third-order valence-electron chi connectivity index (χ3n) is 1.18. The lowest BCUT2D eigenvalue weighted by atomic mass is 10.1. The van der Waals surface area contributed by atoms with E-state index in [0.717, 1.165) is 0 Å². The first-order valence-electron chi connectivity index (χ1n) is 3.14. The lowest BCUT2D eigenvalue weighted by Gasteiger charge is -2.23. The molecular formula is C6H4Cl2F6. The minimum atomic E-state index is -5.45. The van der Waals surface area contributed by atoms with E-state index in [2.05, 4.69) is 11.6 Å². The molecular weight excluding hydrogens is 257 g/mol. The van der Waals surface area contributed by atoms with E-state index < -0.39 is 28.9 Å². The Bertz CT molecular complexity index is 221. The van der Waals surface area contributed by atoms with E-state index in [-0.39, 0.29) is 6.33 Å². The summed E-state index contributed by atoms with van der Waals surface area (Å²) in [6.07, 6.45) is -11.1. The molecule has 2 atom stereocenters. The summed E-state index contributed by atoms with van der Waals surface area (Å²) in [5, 5.41) is -4.73. The van der Waals surface area contributed by atoms with Gasteiger partial charge < -0.3 is 0 Å². The molecule has 0 amide bonds. The normalized spacial score (nSPS) is 20.4. The molecule has 0 nitrogen and oxygen atoms in total. The Hall–Kier alpha value is -0.100. The zero-order valence-electron chi connectivity index (χ0n) is 6.39. The second-order valence-electron chi connectivity index (χ2n) is 2.40. The van der Waals surface area contributed by atoms with Gasteiger partial charge in [-0.1, -0.05) is 23.2 Å². The van der Waals surface area contributed by atoms with Crippen LogP contribution in [0.2, 0.25) is 0 Å². The Kier molecular flexibility index (Phi) is 4.58. The highest BCUT2D eigenvalue weighted by molar-refractivity contribution is 6.31. The van der Waals surface area contributed by atoms with Crippen molar-refractivity contribution in [2.24, 2.45) is 0 Å². The van der Waals surface area contributed by atoms with E-state index in [4.69, 9.17) is 11.6 Å². The smallest absolute Gasteiger partial charge is 0.232 e. The van der Waals surface area contributed by atoms with Crippen molar-refractivity contribution in [1.29, 1.82) is 0 Å². The highest BCUT2D eigenvalue weighted by Gasteiger charge is 2.55. The monoisotopic (exact) mass is 260 g/mol. The number of hydrogen-bond donors (Lipinski definition) is 0. The molecule has 0 aromatic heterocycles. The standard InChI is InChI=1S/C6H4Cl2F6/c7-3(2-9)1-5(8,11)4(10)6(12,13)14/h2,4H,1H2. The van der Waals surface area contributed by atoms with Crippen molar-refractivity contribution >= 4 is 23.2 Å². The largest absolute Gasteiger partial charge is 0.424 e. The zero-order valence-corrected chi connectivity index (χ0v) is 7.90. The van der Waals surface area contributed by atoms with Gasteiger partial charge in [-0.05, 0) is 0 Å². The highest BCUT2D eigenvalue weighted by Crippen LogP contribution is 2.40. The minimum Gasteiger partial charge on any atom is -0.232 e. The van der Waals surface area contributed by atoms with Crippen LogP contribution in [0.15, 0.2) is 11.4 Å². The van der Waals surface area contributed by atoms with Crippen molar-refractivity contribution in [2.45, 2.75) is 23.9 Å². The summed E-state index contributed by atoms with van der Waals surface area (Å²) in [5.41, 5.74) is 0. The predicted molar refractivity (Wildman–Crippen MR) is 40.3 cm³/mol. The average molecular weight is 261 g/mol. The van der Waals surface area contributed by atoms with Gasteiger partial charge in [0, 0.05) is 6.42 Å². The van der Waals surface area contributed by atoms with Crippen LogP contribution < -0.4 is 0 Å². The van der Waals surface area contributed by atoms with Gasteiger partial charge in [-0.2, -0.15) is 13.2 Å². The summed E-state index contributed by atoms with van der Waals surface area (Å²) in [7, 11) is 0. The van der Waals surface area contributed by atoms with E-state index in [1.807, 2.05) is 0 Å². The minimum absolute atomic E-state index is 0.360. The number of alkyl halides is 6. The van der Waals surface area contributed by atoms with Crippen LogP contribution in [0.4, 0.5) is 26.3 Å². The third kappa shape index (κ3) is 3.96. The van der Waals surface area contributed by atoms with Crippen LogP contribution in [0.25, 0.3) is 0 Å². The first kappa shape index (κ1) is 13.9. The van der Waals surface area contributed by atoms with Crippen LogP contribution in [0.3, 0.4) is 0 Å². The molecule has 0 rings (SSSR count). The van der Waals surface area contributed by atoms with Gasteiger partial charge in [-0.3, -0.25) is 0 Å². The summed E-state index contributed by atoms with van der Waals surface area (Å²) in [4.78, 5) is 0. The number of allylic oxidation sites excluding steroid dienone is 1. The molecule has 0 fully saturated rings. The van der Waals surface area contributed by atoms with E-state index in [1.165, 1.54) is 0 Å². The predicted octanol–water partition coefficient (Wildman–Crippen LogP) is 4.23. The van der Waals surface area contributed by atoms with Crippen molar-refractivity contribution in [3.05, 3.63) is 11.4 Å². The van der Waals surface area contributed by atoms with Crippen LogP contribution in [0.5, 0.6) is 0 Å². The first-order valence-corrected chi connectivity index (χ1v) is 3.90. The van der Waals surface area contributed by atoms with Crippen molar-refractivity contribution in [3.8, 4) is 0 Å². The maximum Gasteiger partial charge on any atom is 0.424 e. The van der Waals surface area contributed by atoms with Gasteiger partial charge in [0.15, 0.2) is 0 Å². The van der Waals surface area contributed by atoms with Gasteiger partial charge in [0.05, 0.1) is 5.03 Å². The van der Waals surface area contributed by atoms with E-state index in [1.54, 1.807) is 0 Å². The molecule has 0 aliphatic heterocycles. The molecule has 0 aromatic rings. The molecule has 0 bridgehead atoms. The summed E-state index contributed by atoms with van der Waals surface area (Å²) in [5.74, 6) is 0. The Morgan fingerprint density at radius 1 is 1.29 bits per heavy atom. The molecule has 0 N–H and O–H groups in total. The molecule has 84 valence electrons. The first-order chi connectivity index (χ1) is 6.11. The summed E-state index contributed by atoms with van der Waals surface area (Å²) >= 11 is 9.46. The maximum absolute atomic E-state index is 12.8. The van der Waals surface area contributed by atoms with Crippen LogP contribution >= 0.6 is 23.2 Å². The maximum atomic E-state index is 12.8. The van der Waals surface area contributed by atoms with Crippen molar-refractivity contribution in [1.82, 2.24) is 0 Å². The molecule has 14 heavy (non-hydrogen) atoms. The molecule has 0 aromatic carbocycles. The van der Waals surface area contributed by atoms with Gasteiger partial charge in [0.25, 0.3) is 0 Å². The van der Waals surface area contributed by atoms with E-state index in [9.17, 15) is 26.3 Å². The molecule has 0 aliphatic rings. The molecule has 0 spiro atoms. The molecule has 0 saturated heterocycles. The molecule has 0 aliphatic carbocycles. The van der Waals surface area contributed by atoms with Gasteiger partial charge in [0.2, 0.25) is 11.3 Å².